The molecule has 0 aliphatic heterocycles. The van der Waals surface area contributed by atoms with Gasteiger partial charge in [0.25, 0.3) is 5.91 Å². The molecule has 2 rings (SSSR count). The van der Waals surface area contributed by atoms with Crippen molar-refractivity contribution in [1.29, 1.82) is 0 Å². The molecule has 0 aromatic heterocycles. The molecular formula is C22H31NO5. The zero-order chi connectivity index (χ0) is 20.7. The van der Waals surface area contributed by atoms with Crippen molar-refractivity contribution < 1.29 is 23.9 Å². The number of hydrogen-bond acceptors (Lipinski definition) is 5. The standard InChI is InChI=1S/C22H31NO5/c1-14(2)18-10-7-16(4)11-19(18)28-21(25)13-27-20(24)12-23-22(26)17-8-5-15(3)6-9-17/h5-6,8-9,14,16,18-19H,7,10-13H2,1-4H3,(H,23,26). The van der Waals surface area contributed by atoms with Gasteiger partial charge in [-0.05, 0) is 49.7 Å². The molecule has 6 nitrogen and oxygen atoms in total. The molecule has 0 saturated heterocycles. The van der Waals surface area contributed by atoms with Crippen molar-refractivity contribution in [2.24, 2.45) is 17.8 Å². The van der Waals surface area contributed by atoms with Gasteiger partial charge >= 0.3 is 11.9 Å². The molecule has 1 aromatic carbocycles. The average molecular weight is 389 g/mol. The number of carbonyl (C=O) groups is 3. The smallest absolute Gasteiger partial charge is 0.344 e. The topological polar surface area (TPSA) is 81.7 Å². The van der Waals surface area contributed by atoms with Gasteiger partial charge in [-0.25, -0.2) is 4.79 Å². The lowest BCUT2D eigenvalue weighted by atomic mass is 9.75. The first kappa shape index (κ1) is 21.9. The second-order valence-corrected chi connectivity index (χ2v) is 8.06. The highest BCUT2D eigenvalue weighted by Crippen LogP contribution is 2.35. The number of benzene rings is 1. The molecule has 1 saturated carbocycles. The predicted octanol–water partition coefficient (Wildman–Crippen LogP) is 3.27. The SMILES string of the molecule is Cc1ccc(C(=O)NCC(=O)OCC(=O)OC2CC(C)CCC2C(C)C)cc1. The second-order valence-electron chi connectivity index (χ2n) is 8.06. The minimum atomic E-state index is -0.671. The summed E-state index contributed by atoms with van der Waals surface area (Å²) in [5.41, 5.74) is 1.51. The molecule has 1 aliphatic carbocycles. The molecule has 154 valence electrons. The third-order valence-corrected chi connectivity index (χ3v) is 5.30. The van der Waals surface area contributed by atoms with E-state index in [0.717, 1.165) is 24.8 Å². The van der Waals surface area contributed by atoms with Crippen molar-refractivity contribution in [3.05, 3.63) is 35.4 Å². The highest BCUT2D eigenvalue weighted by atomic mass is 16.6. The van der Waals surface area contributed by atoms with Gasteiger partial charge in [0.05, 0.1) is 0 Å². The van der Waals surface area contributed by atoms with Gasteiger partial charge in [-0.1, -0.05) is 44.9 Å². The maximum Gasteiger partial charge on any atom is 0.344 e. The van der Waals surface area contributed by atoms with E-state index in [-0.39, 0.29) is 18.6 Å². The summed E-state index contributed by atoms with van der Waals surface area (Å²) >= 11 is 0. The van der Waals surface area contributed by atoms with Gasteiger partial charge in [-0.15, -0.1) is 0 Å². The molecule has 0 radical (unpaired) electrons. The van der Waals surface area contributed by atoms with E-state index in [0.29, 0.717) is 23.3 Å². The molecule has 1 amide bonds. The molecule has 1 fully saturated rings. The Balaban J connectivity index is 1.73. The molecule has 3 unspecified atom stereocenters. The molecular weight excluding hydrogens is 358 g/mol. The van der Waals surface area contributed by atoms with Crippen molar-refractivity contribution in [2.75, 3.05) is 13.2 Å². The van der Waals surface area contributed by atoms with Crippen LogP contribution in [0.4, 0.5) is 0 Å². The molecule has 0 bridgehead atoms. The van der Waals surface area contributed by atoms with Gasteiger partial charge in [0.2, 0.25) is 0 Å². The van der Waals surface area contributed by atoms with Crippen LogP contribution < -0.4 is 5.32 Å². The summed E-state index contributed by atoms with van der Waals surface area (Å²) in [5.74, 6) is -0.282. The van der Waals surface area contributed by atoms with E-state index in [1.54, 1.807) is 12.1 Å². The van der Waals surface area contributed by atoms with Crippen LogP contribution in [0.15, 0.2) is 24.3 Å². The van der Waals surface area contributed by atoms with Crippen LogP contribution in [0.3, 0.4) is 0 Å². The maximum absolute atomic E-state index is 12.1. The van der Waals surface area contributed by atoms with Crippen LogP contribution in [-0.4, -0.2) is 37.1 Å². The van der Waals surface area contributed by atoms with Crippen molar-refractivity contribution >= 4 is 17.8 Å². The van der Waals surface area contributed by atoms with Crippen molar-refractivity contribution in [1.82, 2.24) is 5.32 Å². The van der Waals surface area contributed by atoms with Gasteiger partial charge in [0, 0.05) is 5.56 Å². The fraction of sp³-hybridized carbons (Fsp3) is 0.591. The zero-order valence-electron chi connectivity index (χ0n) is 17.2. The van der Waals surface area contributed by atoms with Crippen LogP contribution in [0.2, 0.25) is 0 Å². The highest BCUT2D eigenvalue weighted by Gasteiger charge is 2.33. The van der Waals surface area contributed by atoms with Crippen molar-refractivity contribution in [3.63, 3.8) is 0 Å². The number of hydrogen-bond donors (Lipinski definition) is 1. The molecule has 3 atom stereocenters. The van der Waals surface area contributed by atoms with Crippen LogP contribution in [0.1, 0.15) is 56.0 Å². The summed E-state index contributed by atoms with van der Waals surface area (Å²) in [5, 5.41) is 2.49. The first-order chi connectivity index (χ1) is 13.3. The normalized spacial score (nSPS) is 21.8. The molecule has 1 N–H and O–H groups in total. The molecule has 6 heteroatoms. The maximum atomic E-state index is 12.1. The molecule has 0 heterocycles. The fourth-order valence-electron chi connectivity index (χ4n) is 3.60. The number of esters is 2. The highest BCUT2D eigenvalue weighted by molar-refractivity contribution is 5.96. The van der Waals surface area contributed by atoms with Gasteiger partial charge in [0.1, 0.15) is 12.6 Å². The van der Waals surface area contributed by atoms with Crippen LogP contribution in [0.5, 0.6) is 0 Å². The lowest BCUT2D eigenvalue weighted by molar-refractivity contribution is -0.166. The Hall–Kier alpha value is -2.37. The van der Waals surface area contributed by atoms with Gasteiger partial charge < -0.3 is 14.8 Å². The predicted molar refractivity (Wildman–Crippen MR) is 106 cm³/mol. The van der Waals surface area contributed by atoms with Crippen LogP contribution >= 0.6 is 0 Å². The summed E-state index contributed by atoms with van der Waals surface area (Å²) in [4.78, 5) is 35.9. The third kappa shape index (κ3) is 6.66. The number of aryl methyl sites for hydroxylation is 1. The van der Waals surface area contributed by atoms with Crippen LogP contribution in [0, 0.1) is 24.7 Å². The minimum Gasteiger partial charge on any atom is -0.460 e. The number of nitrogens with one attached hydrogen (secondary N) is 1. The van der Waals surface area contributed by atoms with E-state index in [1.807, 2.05) is 19.1 Å². The van der Waals surface area contributed by atoms with Crippen molar-refractivity contribution in [3.8, 4) is 0 Å². The molecule has 0 spiro atoms. The summed E-state index contributed by atoms with van der Waals surface area (Å²) in [6.45, 7) is 7.63. The van der Waals surface area contributed by atoms with E-state index < -0.39 is 18.5 Å². The number of ether oxygens (including phenoxy) is 2. The Labute approximate surface area is 167 Å². The third-order valence-electron chi connectivity index (χ3n) is 5.30. The Kier molecular flexibility index (Phi) is 8.03. The van der Waals surface area contributed by atoms with E-state index in [2.05, 4.69) is 26.1 Å². The lowest BCUT2D eigenvalue weighted by Crippen LogP contribution is -2.37. The average Bonchev–Trinajstić information content (AvgIpc) is 2.64. The quantitative estimate of drug-likeness (QED) is 0.724. The van der Waals surface area contributed by atoms with Crippen LogP contribution in [0.25, 0.3) is 0 Å². The van der Waals surface area contributed by atoms with E-state index in [4.69, 9.17) is 9.47 Å². The lowest BCUT2D eigenvalue weighted by Gasteiger charge is -2.36. The van der Waals surface area contributed by atoms with Gasteiger partial charge in [-0.2, -0.15) is 0 Å². The summed E-state index contributed by atoms with van der Waals surface area (Å²) in [6.07, 6.45) is 2.90. The fourth-order valence-corrected chi connectivity index (χ4v) is 3.60. The zero-order valence-corrected chi connectivity index (χ0v) is 17.2. The summed E-state index contributed by atoms with van der Waals surface area (Å²) in [7, 11) is 0. The van der Waals surface area contributed by atoms with Gasteiger partial charge in [0.15, 0.2) is 6.61 Å². The monoisotopic (exact) mass is 389 g/mol. The first-order valence-electron chi connectivity index (χ1n) is 9.96. The van der Waals surface area contributed by atoms with Crippen molar-refractivity contribution in [2.45, 2.75) is 53.1 Å². The Bertz CT molecular complexity index is 683. The Morgan fingerprint density at radius 1 is 1.11 bits per heavy atom. The van der Waals surface area contributed by atoms with Gasteiger partial charge in [-0.3, -0.25) is 9.59 Å². The number of rotatable bonds is 7. The molecule has 1 aromatic rings. The van der Waals surface area contributed by atoms with E-state index >= 15 is 0 Å². The molecule has 1 aliphatic rings. The van der Waals surface area contributed by atoms with Crippen LogP contribution in [-0.2, 0) is 19.1 Å². The Morgan fingerprint density at radius 2 is 1.79 bits per heavy atom. The van der Waals surface area contributed by atoms with E-state index in [9.17, 15) is 14.4 Å². The summed E-state index contributed by atoms with van der Waals surface area (Å²) in [6, 6.07) is 7.01. The number of amides is 1. The largest absolute Gasteiger partial charge is 0.460 e. The second kappa shape index (κ2) is 10.2. The minimum absolute atomic E-state index is 0.129. The molecule has 28 heavy (non-hydrogen) atoms. The summed E-state index contributed by atoms with van der Waals surface area (Å²) < 4.78 is 10.5. The van der Waals surface area contributed by atoms with E-state index in [1.165, 1.54) is 0 Å². The number of carbonyl (C=O) groups excluding carboxylic acids is 3. The Morgan fingerprint density at radius 3 is 2.43 bits per heavy atom. The first-order valence-corrected chi connectivity index (χ1v) is 9.96.